The van der Waals surface area contributed by atoms with Gasteiger partial charge in [-0.1, -0.05) is 72.8 Å². The zero-order chi connectivity index (χ0) is 35.1. The van der Waals surface area contributed by atoms with Crippen LogP contribution >= 0.6 is 0 Å². The molecule has 0 aliphatic heterocycles. The maximum atomic E-state index is 13.7. The highest BCUT2D eigenvalue weighted by molar-refractivity contribution is 6.06. The summed E-state index contributed by atoms with van der Waals surface area (Å²) < 4.78 is 28.7. The number of ether oxygens (including phenoxy) is 4. The summed E-state index contributed by atoms with van der Waals surface area (Å²) >= 11 is 0. The van der Waals surface area contributed by atoms with Crippen molar-refractivity contribution in [1.29, 1.82) is 0 Å². The number of furan rings is 1. The third-order valence-electron chi connectivity index (χ3n) is 8.89. The molecule has 1 atom stereocenters. The third kappa shape index (κ3) is 6.98. The molecule has 5 rings (SSSR count). The van der Waals surface area contributed by atoms with E-state index in [0.717, 1.165) is 16.7 Å². The normalized spacial score (nSPS) is 15.0. The van der Waals surface area contributed by atoms with Gasteiger partial charge in [-0.3, -0.25) is 9.59 Å². The molecule has 1 aromatic heterocycles. The Bertz CT molecular complexity index is 1830. The van der Waals surface area contributed by atoms with Gasteiger partial charge in [-0.25, -0.2) is 4.79 Å². The van der Waals surface area contributed by atoms with E-state index >= 15 is 0 Å². The Labute approximate surface area is 285 Å². The van der Waals surface area contributed by atoms with Gasteiger partial charge < -0.3 is 28.2 Å². The van der Waals surface area contributed by atoms with E-state index in [1.165, 1.54) is 21.1 Å². The molecule has 3 aromatic carbocycles. The predicted molar refractivity (Wildman–Crippen MR) is 183 cm³/mol. The highest BCUT2D eigenvalue weighted by Gasteiger charge is 2.54. The minimum Gasteiger partial charge on any atom is -0.468 e. The molecule has 1 heterocycles. The van der Waals surface area contributed by atoms with Crippen molar-refractivity contribution in [3.8, 4) is 11.3 Å². The number of methoxy groups -OCH3 is 3. The molecular weight excluding hydrogens is 624 g/mol. The van der Waals surface area contributed by atoms with Gasteiger partial charge in [0.1, 0.15) is 23.4 Å². The Morgan fingerprint density at radius 2 is 1.37 bits per heavy atom. The number of fused-ring (bicyclic) bond motifs is 1. The van der Waals surface area contributed by atoms with Crippen LogP contribution in [-0.2, 0) is 39.8 Å². The van der Waals surface area contributed by atoms with Gasteiger partial charge in [0.15, 0.2) is 5.41 Å². The minimum absolute atomic E-state index is 0.0408. The molecule has 9 nitrogen and oxygen atoms in total. The van der Waals surface area contributed by atoms with E-state index in [9.17, 15) is 19.2 Å². The van der Waals surface area contributed by atoms with Gasteiger partial charge in [-0.05, 0) is 54.7 Å². The Balaban J connectivity index is 1.90. The average Bonchev–Trinajstić information content (AvgIpc) is 3.51. The Hall–Kier alpha value is -5.28. The lowest BCUT2D eigenvalue weighted by molar-refractivity contribution is -0.169. The molecule has 0 spiro atoms. The zero-order valence-electron chi connectivity index (χ0n) is 28.4. The number of carbonyl (C=O) groups is 4. The van der Waals surface area contributed by atoms with Crippen LogP contribution in [0.15, 0.2) is 89.3 Å². The first-order valence-electron chi connectivity index (χ1n) is 16.1. The van der Waals surface area contributed by atoms with Gasteiger partial charge in [-0.15, -0.1) is 0 Å². The molecule has 0 bridgehead atoms. The summed E-state index contributed by atoms with van der Waals surface area (Å²) in [7, 11) is 4.09. The number of hydrogen-bond donors (Lipinski definition) is 0. The number of rotatable bonds is 12. The monoisotopic (exact) mass is 664 g/mol. The van der Waals surface area contributed by atoms with Crippen molar-refractivity contribution in [2.75, 3.05) is 27.9 Å². The van der Waals surface area contributed by atoms with Crippen LogP contribution in [0.25, 0.3) is 22.5 Å². The van der Waals surface area contributed by atoms with Crippen LogP contribution in [-0.4, -0.2) is 51.6 Å². The summed E-state index contributed by atoms with van der Waals surface area (Å²) in [6, 6.07) is 26.1. The molecule has 0 saturated carbocycles. The Kier molecular flexibility index (Phi) is 10.9. The van der Waals surface area contributed by atoms with E-state index in [1.54, 1.807) is 38.3 Å². The van der Waals surface area contributed by atoms with E-state index < -0.39 is 29.4 Å². The van der Waals surface area contributed by atoms with Crippen molar-refractivity contribution in [3.05, 3.63) is 119 Å². The SMILES string of the molecule is CCOC(=O)c1ccc(/C(CCC(C)=O)=C2\CC(C(=O)OC)(C(=O)OC)Cc3oc(-c4ccccc4)c([C@@H](OC)c4ccccc4)c32)cc1. The van der Waals surface area contributed by atoms with Gasteiger partial charge in [0.05, 0.1) is 26.4 Å². The van der Waals surface area contributed by atoms with E-state index in [4.69, 9.17) is 23.4 Å². The van der Waals surface area contributed by atoms with Gasteiger partial charge in [-0.2, -0.15) is 0 Å². The first kappa shape index (κ1) is 35.0. The number of esters is 3. The average molecular weight is 665 g/mol. The first-order chi connectivity index (χ1) is 23.7. The number of ketones is 1. The molecule has 254 valence electrons. The van der Waals surface area contributed by atoms with Crippen LogP contribution in [0.1, 0.15) is 77.6 Å². The Morgan fingerprint density at radius 1 is 0.776 bits per heavy atom. The van der Waals surface area contributed by atoms with Crippen LogP contribution in [0.3, 0.4) is 0 Å². The predicted octanol–water partition coefficient (Wildman–Crippen LogP) is 7.42. The molecule has 0 saturated heterocycles. The third-order valence-corrected chi connectivity index (χ3v) is 8.89. The van der Waals surface area contributed by atoms with Crippen molar-refractivity contribution >= 4 is 34.8 Å². The van der Waals surface area contributed by atoms with Crippen LogP contribution in [0.4, 0.5) is 0 Å². The molecule has 49 heavy (non-hydrogen) atoms. The number of benzene rings is 3. The summed E-state index contributed by atoms with van der Waals surface area (Å²) in [6.07, 6.45) is -0.378. The van der Waals surface area contributed by atoms with Gasteiger partial charge >= 0.3 is 17.9 Å². The minimum atomic E-state index is -1.78. The van der Waals surface area contributed by atoms with Crippen LogP contribution < -0.4 is 0 Å². The fourth-order valence-electron chi connectivity index (χ4n) is 6.59. The topological polar surface area (TPSA) is 118 Å². The molecule has 0 radical (unpaired) electrons. The van der Waals surface area contributed by atoms with E-state index in [0.29, 0.717) is 39.4 Å². The molecule has 0 unspecified atom stereocenters. The standard InChI is InChI=1S/C40H40O9/c1-6-48-37(42)29-20-18-26(19-21-29)30(22-17-25(2)41)31-23-40(38(43)46-4,39(44)47-5)24-32-33(31)34(35(45-3)27-13-9-7-10-14-27)36(49-32)28-15-11-8-12-16-28/h7-16,18-21,35H,6,17,22-24H2,1-5H3/b31-30+/t35-/m0/s1. The quantitative estimate of drug-likeness (QED) is 0.0866. The summed E-state index contributed by atoms with van der Waals surface area (Å²) in [6.45, 7) is 3.48. The molecular formula is C40H40O9. The molecule has 0 N–H and O–H groups in total. The molecule has 4 aromatic rings. The summed E-state index contributed by atoms with van der Waals surface area (Å²) in [5.74, 6) is -1.13. The van der Waals surface area contributed by atoms with Crippen LogP contribution in [0.5, 0.6) is 0 Å². The maximum absolute atomic E-state index is 13.7. The second kappa shape index (κ2) is 15.3. The second-order valence-electron chi connectivity index (χ2n) is 11.9. The highest BCUT2D eigenvalue weighted by atomic mass is 16.5. The van der Waals surface area contributed by atoms with Gasteiger partial charge in [0, 0.05) is 43.1 Å². The van der Waals surface area contributed by atoms with Crippen molar-refractivity contribution in [3.63, 3.8) is 0 Å². The first-order valence-corrected chi connectivity index (χ1v) is 16.1. The van der Waals surface area contributed by atoms with Gasteiger partial charge in [0.25, 0.3) is 0 Å². The molecule has 0 amide bonds. The molecule has 1 aliphatic rings. The maximum Gasteiger partial charge on any atom is 0.338 e. The van der Waals surface area contributed by atoms with Crippen molar-refractivity contribution in [2.24, 2.45) is 5.41 Å². The smallest absolute Gasteiger partial charge is 0.338 e. The van der Waals surface area contributed by atoms with E-state index in [-0.39, 0.29) is 38.1 Å². The van der Waals surface area contributed by atoms with E-state index in [2.05, 4.69) is 0 Å². The number of allylic oxidation sites excluding steroid dienone is 2. The largest absolute Gasteiger partial charge is 0.468 e. The summed E-state index contributed by atoms with van der Waals surface area (Å²) in [4.78, 5) is 52.4. The lowest BCUT2D eigenvalue weighted by atomic mass is 9.68. The summed E-state index contributed by atoms with van der Waals surface area (Å²) in [5.41, 5.74) is 3.64. The Morgan fingerprint density at radius 3 is 1.92 bits per heavy atom. The molecule has 9 heteroatoms. The van der Waals surface area contributed by atoms with Crippen molar-refractivity contribution in [1.82, 2.24) is 0 Å². The van der Waals surface area contributed by atoms with Crippen molar-refractivity contribution < 1.29 is 42.5 Å². The van der Waals surface area contributed by atoms with Crippen LogP contribution in [0, 0.1) is 5.41 Å². The lowest BCUT2D eigenvalue weighted by Crippen LogP contribution is -2.45. The highest BCUT2D eigenvalue weighted by Crippen LogP contribution is 2.53. The second-order valence-corrected chi connectivity index (χ2v) is 11.9. The van der Waals surface area contributed by atoms with E-state index in [1.807, 2.05) is 60.7 Å². The molecule has 1 aliphatic carbocycles. The number of carbonyl (C=O) groups excluding carboxylic acids is 4. The number of Topliss-reactive ketones (excluding diaryl/α,β-unsaturated/α-hetero) is 1. The fourth-order valence-corrected chi connectivity index (χ4v) is 6.59. The molecule has 0 fully saturated rings. The van der Waals surface area contributed by atoms with Crippen LogP contribution in [0.2, 0.25) is 0 Å². The van der Waals surface area contributed by atoms with Gasteiger partial charge in [0.2, 0.25) is 0 Å². The number of hydrogen-bond acceptors (Lipinski definition) is 9. The lowest BCUT2D eigenvalue weighted by Gasteiger charge is -2.34. The van der Waals surface area contributed by atoms with Crippen molar-refractivity contribution in [2.45, 2.75) is 45.6 Å². The zero-order valence-corrected chi connectivity index (χ0v) is 28.4. The fraction of sp³-hybridized carbons (Fsp3) is 0.300. The summed E-state index contributed by atoms with van der Waals surface area (Å²) in [5, 5.41) is 0.